The van der Waals surface area contributed by atoms with Crippen LogP contribution in [0.1, 0.15) is 42.5 Å². The normalized spacial score (nSPS) is 19.0. The van der Waals surface area contributed by atoms with Gasteiger partial charge in [0, 0.05) is 30.4 Å². The van der Waals surface area contributed by atoms with Gasteiger partial charge in [-0.15, -0.1) is 5.10 Å². The van der Waals surface area contributed by atoms with Gasteiger partial charge in [0.05, 0.1) is 5.52 Å². The van der Waals surface area contributed by atoms with Gasteiger partial charge in [-0.2, -0.15) is 4.68 Å². The van der Waals surface area contributed by atoms with Crippen LogP contribution in [0.5, 0.6) is 0 Å². The number of rotatable bonds is 3. The summed E-state index contributed by atoms with van der Waals surface area (Å²) in [6.45, 7) is 4.72. The van der Waals surface area contributed by atoms with Crippen LogP contribution >= 0.6 is 0 Å². The van der Waals surface area contributed by atoms with E-state index in [4.69, 9.17) is 0 Å². The molecule has 0 aliphatic carbocycles. The van der Waals surface area contributed by atoms with Crippen LogP contribution < -0.4 is 4.90 Å². The summed E-state index contributed by atoms with van der Waals surface area (Å²) < 4.78 is 1.38. The molecule has 2 aliphatic heterocycles. The number of hydrogen-bond donors (Lipinski definition) is 0. The predicted octanol–water partition coefficient (Wildman–Crippen LogP) is 3.57. The van der Waals surface area contributed by atoms with Gasteiger partial charge in [0.2, 0.25) is 0 Å². The van der Waals surface area contributed by atoms with Gasteiger partial charge >= 0.3 is 0 Å². The molecule has 2 aliphatic rings. The minimum absolute atomic E-state index is 0.144. The summed E-state index contributed by atoms with van der Waals surface area (Å²) in [7, 11) is 0. The number of carbonyl (C=O) groups is 1. The standard InChI is InChI=1S/C23H27N5O/c29-23(28-22-7-3-2-6-21(22)24-25-28)18-8-10-19(11-9-18)27-16-12-20(13-17-27)26-14-4-1-5-15-26/h2-3,6-11,20H,1,4-5,12-17H2. The van der Waals surface area contributed by atoms with Crippen LogP contribution in [0.2, 0.25) is 0 Å². The summed E-state index contributed by atoms with van der Waals surface area (Å²) in [5.74, 6) is -0.144. The second-order valence-corrected chi connectivity index (χ2v) is 8.16. The molecule has 5 rings (SSSR count). The Balaban J connectivity index is 1.25. The van der Waals surface area contributed by atoms with Crippen molar-refractivity contribution in [2.75, 3.05) is 31.1 Å². The Morgan fingerprint density at radius 2 is 1.59 bits per heavy atom. The van der Waals surface area contributed by atoms with E-state index in [-0.39, 0.29) is 5.91 Å². The number of nitrogens with zero attached hydrogens (tertiary/aromatic N) is 5. The fourth-order valence-corrected chi connectivity index (χ4v) is 4.73. The van der Waals surface area contributed by atoms with Crippen molar-refractivity contribution in [3.05, 3.63) is 54.1 Å². The number of para-hydroxylation sites is 1. The van der Waals surface area contributed by atoms with E-state index < -0.39 is 0 Å². The van der Waals surface area contributed by atoms with E-state index in [1.54, 1.807) is 0 Å². The average molecular weight is 390 g/mol. The molecule has 0 spiro atoms. The Labute approximate surface area is 171 Å². The Kier molecular flexibility index (Phi) is 5.02. The van der Waals surface area contributed by atoms with Crippen LogP contribution in [0.25, 0.3) is 11.0 Å². The largest absolute Gasteiger partial charge is 0.371 e. The number of carbonyl (C=O) groups excluding carboxylic acids is 1. The lowest BCUT2D eigenvalue weighted by Gasteiger charge is -2.41. The third-order valence-electron chi connectivity index (χ3n) is 6.40. The number of hydrogen-bond acceptors (Lipinski definition) is 5. The van der Waals surface area contributed by atoms with Crippen molar-refractivity contribution in [1.29, 1.82) is 0 Å². The van der Waals surface area contributed by atoms with E-state index in [1.165, 1.54) is 55.6 Å². The molecule has 6 heteroatoms. The van der Waals surface area contributed by atoms with Gasteiger partial charge in [-0.05, 0) is 75.2 Å². The molecule has 29 heavy (non-hydrogen) atoms. The third kappa shape index (κ3) is 3.65. The Morgan fingerprint density at radius 3 is 2.34 bits per heavy atom. The van der Waals surface area contributed by atoms with Gasteiger partial charge in [0.1, 0.15) is 5.52 Å². The summed E-state index contributed by atoms with van der Waals surface area (Å²) in [4.78, 5) is 18.0. The molecule has 2 aromatic carbocycles. The lowest BCUT2D eigenvalue weighted by Crippen LogP contribution is -2.46. The molecule has 3 heterocycles. The van der Waals surface area contributed by atoms with E-state index in [1.807, 2.05) is 36.4 Å². The van der Waals surface area contributed by atoms with Crippen molar-refractivity contribution in [3.63, 3.8) is 0 Å². The second kappa shape index (κ2) is 7.95. The molecule has 0 N–H and O–H groups in total. The quantitative estimate of drug-likeness (QED) is 0.685. The summed E-state index contributed by atoms with van der Waals surface area (Å²) in [5, 5.41) is 8.12. The molecule has 150 valence electrons. The van der Waals surface area contributed by atoms with E-state index >= 15 is 0 Å². The average Bonchev–Trinajstić information content (AvgIpc) is 3.24. The fourth-order valence-electron chi connectivity index (χ4n) is 4.73. The zero-order valence-corrected chi connectivity index (χ0v) is 16.7. The second-order valence-electron chi connectivity index (χ2n) is 8.16. The van der Waals surface area contributed by atoms with Gasteiger partial charge in [0.25, 0.3) is 5.91 Å². The van der Waals surface area contributed by atoms with Crippen LogP contribution in [-0.2, 0) is 0 Å². The van der Waals surface area contributed by atoms with Crippen molar-refractivity contribution in [2.24, 2.45) is 0 Å². The molecule has 0 unspecified atom stereocenters. The van der Waals surface area contributed by atoms with Gasteiger partial charge in [-0.25, -0.2) is 0 Å². The number of likely N-dealkylation sites (tertiary alicyclic amines) is 1. The molecule has 6 nitrogen and oxygen atoms in total. The van der Waals surface area contributed by atoms with Crippen molar-refractivity contribution < 1.29 is 4.79 Å². The SMILES string of the molecule is O=C(c1ccc(N2CCC(N3CCCCC3)CC2)cc1)n1nnc2ccccc21. The van der Waals surface area contributed by atoms with Crippen molar-refractivity contribution in [3.8, 4) is 0 Å². The monoisotopic (exact) mass is 389 g/mol. The molecule has 0 bridgehead atoms. The first-order valence-corrected chi connectivity index (χ1v) is 10.7. The zero-order valence-electron chi connectivity index (χ0n) is 16.7. The minimum Gasteiger partial charge on any atom is -0.371 e. The number of piperidine rings is 2. The third-order valence-corrected chi connectivity index (χ3v) is 6.40. The van der Waals surface area contributed by atoms with Gasteiger partial charge in [0.15, 0.2) is 0 Å². The maximum atomic E-state index is 12.9. The number of anilines is 1. The molecular formula is C23H27N5O. The highest BCUT2D eigenvalue weighted by molar-refractivity contribution is 6.00. The Morgan fingerprint density at radius 1 is 0.862 bits per heavy atom. The molecular weight excluding hydrogens is 362 g/mol. The highest BCUT2D eigenvalue weighted by Gasteiger charge is 2.25. The summed E-state index contributed by atoms with van der Waals surface area (Å²) in [5.41, 5.74) is 3.30. The maximum absolute atomic E-state index is 12.9. The van der Waals surface area contributed by atoms with Gasteiger partial charge < -0.3 is 9.80 Å². The maximum Gasteiger partial charge on any atom is 0.280 e. The molecule has 0 saturated carbocycles. The topological polar surface area (TPSA) is 54.3 Å². The highest BCUT2D eigenvalue weighted by atomic mass is 16.2. The van der Waals surface area contributed by atoms with Gasteiger partial charge in [-0.1, -0.05) is 23.8 Å². The molecule has 2 saturated heterocycles. The molecule has 1 aromatic heterocycles. The molecule has 0 radical (unpaired) electrons. The molecule has 0 amide bonds. The summed E-state index contributed by atoms with van der Waals surface area (Å²) in [6.07, 6.45) is 6.57. The number of benzene rings is 2. The molecule has 2 fully saturated rings. The lowest BCUT2D eigenvalue weighted by molar-refractivity contribution is 0.0948. The molecule has 3 aromatic rings. The molecule has 0 atom stereocenters. The van der Waals surface area contributed by atoms with Crippen LogP contribution in [0, 0.1) is 0 Å². The first-order chi connectivity index (χ1) is 14.3. The van der Waals surface area contributed by atoms with E-state index in [9.17, 15) is 4.79 Å². The minimum atomic E-state index is -0.144. The Hall–Kier alpha value is -2.73. The van der Waals surface area contributed by atoms with E-state index in [0.717, 1.165) is 30.2 Å². The first-order valence-electron chi connectivity index (χ1n) is 10.7. The number of aromatic nitrogens is 3. The fraction of sp³-hybridized carbons (Fsp3) is 0.435. The van der Waals surface area contributed by atoms with Crippen LogP contribution in [0.3, 0.4) is 0 Å². The van der Waals surface area contributed by atoms with Crippen molar-refractivity contribution in [1.82, 2.24) is 19.9 Å². The van der Waals surface area contributed by atoms with Crippen LogP contribution in [0.4, 0.5) is 5.69 Å². The van der Waals surface area contributed by atoms with Crippen LogP contribution in [-0.4, -0.2) is 58.0 Å². The summed E-state index contributed by atoms with van der Waals surface area (Å²) in [6, 6.07) is 16.2. The van der Waals surface area contributed by atoms with Crippen molar-refractivity contribution >= 4 is 22.6 Å². The lowest BCUT2D eigenvalue weighted by atomic mass is 9.99. The van der Waals surface area contributed by atoms with Crippen LogP contribution in [0.15, 0.2) is 48.5 Å². The number of fused-ring (bicyclic) bond motifs is 1. The van der Waals surface area contributed by atoms with E-state index in [0.29, 0.717) is 5.56 Å². The predicted molar refractivity (Wildman–Crippen MR) is 114 cm³/mol. The zero-order chi connectivity index (χ0) is 19.6. The van der Waals surface area contributed by atoms with E-state index in [2.05, 4.69) is 32.2 Å². The Bertz CT molecular complexity index is 982. The van der Waals surface area contributed by atoms with Gasteiger partial charge in [-0.3, -0.25) is 4.79 Å². The van der Waals surface area contributed by atoms with Crippen molar-refractivity contribution in [2.45, 2.75) is 38.1 Å². The highest BCUT2D eigenvalue weighted by Crippen LogP contribution is 2.25. The summed E-state index contributed by atoms with van der Waals surface area (Å²) >= 11 is 0. The smallest absolute Gasteiger partial charge is 0.280 e. The first kappa shape index (κ1) is 18.3.